The van der Waals surface area contributed by atoms with E-state index in [4.69, 9.17) is 0 Å². The molecule has 1 N–H and O–H groups in total. The summed E-state index contributed by atoms with van der Waals surface area (Å²) in [4.78, 5) is 14.6. The van der Waals surface area contributed by atoms with Gasteiger partial charge in [-0.05, 0) is 32.2 Å². The lowest BCUT2D eigenvalue weighted by molar-refractivity contribution is -0.134. The quantitative estimate of drug-likeness (QED) is 0.766. The van der Waals surface area contributed by atoms with Crippen LogP contribution in [0, 0.1) is 0 Å². The van der Waals surface area contributed by atoms with Gasteiger partial charge in [-0.2, -0.15) is 0 Å². The topological polar surface area (TPSA) is 32.3 Å². The maximum Gasteiger partial charge on any atom is 0.239 e. The maximum absolute atomic E-state index is 12.5. The van der Waals surface area contributed by atoms with Crippen LogP contribution in [-0.2, 0) is 4.79 Å². The summed E-state index contributed by atoms with van der Waals surface area (Å²) < 4.78 is 0. The molecule has 1 saturated heterocycles. The Balaban J connectivity index is 1.89. The van der Waals surface area contributed by atoms with Gasteiger partial charge in [0, 0.05) is 13.1 Å². The molecule has 0 aromatic rings. The van der Waals surface area contributed by atoms with Crippen molar-refractivity contribution in [3.8, 4) is 0 Å². The summed E-state index contributed by atoms with van der Waals surface area (Å²) in [6.45, 7) is 1.01. The number of carbonyl (C=O) groups excluding carboxylic acids is 1. The molecule has 0 radical (unpaired) electrons. The third kappa shape index (κ3) is 3.71. The molecule has 1 aliphatic heterocycles. The van der Waals surface area contributed by atoms with Crippen LogP contribution in [0.3, 0.4) is 0 Å². The van der Waals surface area contributed by atoms with E-state index in [9.17, 15) is 4.79 Å². The lowest BCUT2D eigenvalue weighted by Gasteiger charge is -2.30. The largest absolute Gasteiger partial charge is 0.341 e. The molecule has 1 heterocycles. The van der Waals surface area contributed by atoms with E-state index in [1.54, 1.807) is 0 Å². The summed E-state index contributed by atoms with van der Waals surface area (Å²) in [5, 5.41) is 3.43. The number of amides is 1. The van der Waals surface area contributed by atoms with Gasteiger partial charge in [0.2, 0.25) is 5.91 Å². The zero-order chi connectivity index (χ0) is 12.8. The molecule has 3 nitrogen and oxygen atoms in total. The molecular weight excluding hydrogens is 224 g/mol. The number of hydrogen-bond acceptors (Lipinski definition) is 2. The van der Waals surface area contributed by atoms with Gasteiger partial charge in [0.15, 0.2) is 0 Å². The smallest absolute Gasteiger partial charge is 0.239 e. The van der Waals surface area contributed by atoms with Crippen molar-refractivity contribution in [1.82, 2.24) is 10.2 Å². The lowest BCUT2D eigenvalue weighted by atomic mass is 10.0. The van der Waals surface area contributed by atoms with Gasteiger partial charge in [0.1, 0.15) is 0 Å². The Morgan fingerprint density at radius 3 is 2.28 bits per heavy atom. The summed E-state index contributed by atoms with van der Waals surface area (Å²) >= 11 is 0. The minimum atomic E-state index is 0.0840. The first-order valence-corrected chi connectivity index (χ1v) is 7.79. The zero-order valence-electron chi connectivity index (χ0n) is 11.8. The predicted molar refractivity (Wildman–Crippen MR) is 74.5 cm³/mol. The SMILES string of the molecule is CN(C(=O)C1CCCCCN1)C1CCCCCC1. The molecule has 2 aliphatic rings. The highest BCUT2D eigenvalue weighted by atomic mass is 16.2. The molecule has 18 heavy (non-hydrogen) atoms. The summed E-state index contributed by atoms with van der Waals surface area (Å²) in [5.41, 5.74) is 0. The fourth-order valence-electron chi connectivity index (χ4n) is 3.31. The van der Waals surface area contributed by atoms with Gasteiger partial charge in [0.05, 0.1) is 6.04 Å². The van der Waals surface area contributed by atoms with Gasteiger partial charge in [0.25, 0.3) is 0 Å². The number of nitrogens with one attached hydrogen (secondary N) is 1. The van der Waals surface area contributed by atoms with Crippen molar-refractivity contribution in [1.29, 1.82) is 0 Å². The molecule has 2 rings (SSSR count). The first kappa shape index (κ1) is 13.9. The summed E-state index contributed by atoms with van der Waals surface area (Å²) in [6.07, 6.45) is 12.4. The van der Waals surface area contributed by atoms with Crippen LogP contribution >= 0.6 is 0 Å². The second-order valence-electron chi connectivity index (χ2n) is 5.95. The second-order valence-corrected chi connectivity index (χ2v) is 5.95. The van der Waals surface area contributed by atoms with Crippen molar-refractivity contribution in [3.05, 3.63) is 0 Å². The van der Waals surface area contributed by atoms with E-state index >= 15 is 0 Å². The number of rotatable bonds is 2. The minimum Gasteiger partial charge on any atom is -0.341 e. The number of nitrogens with zero attached hydrogens (tertiary/aromatic N) is 1. The first-order chi connectivity index (χ1) is 8.79. The standard InChI is InChI=1S/C15H28N2O/c1-17(13-9-5-2-3-6-10-13)15(18)14-11-7-4-8-12-16-14/h13-14,16H,2-12H2,1H3. The van der Waals surface area contributed by atoms with Crippen molar-refractivity contribution in [2.75, 3.05) is 13.6 Å². The molecule has 104 valence electrons. The summed E-state index contributed by atoms with van der Waals surface area (Å²) in [6, 6.07) is 0.575. The number of carbonyl (C=O) groups is 1. The Kier molecular flexibility index (Phi) is 5.48. The van der Waals surface area contributed by atoms with E-state index in [2.05, 4.69) is 5.32 Å². The highest BCUT2D eigenvalue weighted by Gasteiger charge is 2.27. The van der Waals surface area contributed by atoms with Crippen molar-refractivity contribution in [3.63, 3.8) is 0 Å². The molecule has 3 heteroatoms. The molecule has 1 unspecified atom stereocenters. The van der Waals surface area contributed by atoms with Crippen LogP contribution in [0.25, 0.3) is 0 Å². The average Bonchev–Trinajstić information content (AvgIpc) is 2.81. The Hall–Kier alpha value is -0.570. The van der Waals surface area contributed by atoms with E-state index in [0.717, 1.165) is 13.0 Å². The van der Waals surface area contributed by atoms with Gasteiger partial charge < -0.3 is 10.2 Å². The van der Waals surface area contributed by atoms with Gasteiger partial charge in [-0.3, -0.25) is 4.79 Å². The lowest BCUT2D eigenvalue weighted by Crippen LogP contribution is -2.48. The fraction of sp³-hybridized carbons (Fsp3) is 0.933. The fourth-order valence-corrected chi connectivity index (χ4v) is 3.31. The molecular formula is C15H28N2O. The van der Waals surface area contributed by atoms with Gasteiger partial charge in [-0.15, -0.1) is 0 Å². The Morgan fingerprint density at radius 1 is 0.944 bits per heavy atom. The molecule has 1 amide bonds. The van der Waals surface area contributed by atoms with Crippen molar-refractivity contribution in [2.45, 2.75) is 76.3 Å². The Morgan fingerprint density at radius 2 is 1.56 bits per heavy atom. The van der Waals surface area contributed by atoms with Crippen molar-refractivity contribution >= 4 is 5.91 Å². The van der Waals surface area contributed by atoms with Crippen molar-refractivity contribution < 1.29 is 4.79 Å². The highest BCUT2D eigenvalue weighted by Crippen LogP contribution is 2.22. The van der Waals surface area contributed by atoms with Gasteiger partial charge >= 0.3 is 0 Å². The second kappa shape index (κ2) is 7.13. The summed E-state index contributed by atoms with van der Waals surface area (Å²) in [5.74, 6) is 0.337. The van der Waals surface area contributed by atoms with Gasteiger partial charge in [-0.25, -0.2) is 0 Å². The zero-order valence-corrected chi connectivity index (χ0v) is 11.8. The molecule has 0 aromatic carbocycles. The van der Waals surface area contributed by atoms with Crippen LogP contribution in [0.1, 0.15) is 64.2 Å². The third-order valence-electron chi connectivity index (χ3n) is 4.58. The molecule has 0 aromatic heterocycles. The molecule has 0 bridgehead atoms. The van der Waals surface area contributed by atoms with E-state index in [1.165, 1.54) is 57.8 Å². The normalized spacial score (nSPS) is 27.3. The van der Waals surface area contributed by atoms with E-state index < -0.39 is 0 Å². The average molecular weight is 252 g/mol. The first-order valence-electron chi connectivity index (χ1n) is 7.79. The van der Waals surface area contributed by atoms with Crippen LogP contribution in [0.15, 0.2) is 0 Å². The molecule has 0 spiro atoms. The third-order valence-corrected chi connectivity index (χ3v) is 4.58. The molecule has 1 saturated carbocycles. The highest BCUT2D eigenvalue weighted by molar-refractivity contribution is 5.82. The van der Waals surface area contributed by atoms with E-state index in [1.807, 2.05) is 11.9 Å². The molecule has 2 fully saturated rings. The van der Waals surface area contributed by atoms with Crippen molar-refractivity contribution in [2.24, 2.45) is 0 Å². The molecule has 1 aliphatic carbocycles. The van der Waals surface area contributed by atoms with E-state index in [-0.39, 0.29) is 6.04 Å². The predicted octanol–water partition coefficient (Wildman–Crippen LogP) is 2.70. The number of hydrogen-bond donors (Lipinski definition) is 1. The maximum atomic E-state index is 12.5. The Labute approximate surface area is 111 Å². The van der Waals surface area contributed by atoms with Crippen LogP contribution in [0.2, 0.25) is 0 Å². The molecule has 1 atom stereocenters. The minimum absolute atomic E-state index is 0.0840. The van der Waals surface area contributed by atoms with Gasteiger partial charge in [-0.1, -0.05) is 38.5 Å². The summed E-state index contributed by atoms with van der Waals surface area (Å²) in [7, 11) is 2.02. The monoisotopic (exact) mass is 252 g/mol. The Bertz CT molecular complexity index is 251. The van der Waals surface area contributed by atoms with E-state index in [0.29, 0.717) is 11.9 Å². The van der Waals surface area contributed by atoms with Crippen LogP contribution < -0.4 is 5.32 Å². The number of likely N-dealkylation sites (N-methyl/N-ethyl adjacent to an activating group) is 1. The van der Waals surface area contributed by atoms with Crippen LogP contribution in [0.5, 0.6) is 0 Å². The van der Waals surface area contributed by atoms with Crippen LogP contribution in [0.4, 0.5) is 0 Å². The van der Waals surface area contributed by atoms with Crippen LogP contribution in [-0.4, -0.2) is 36.5 Å².